The maximum Gasteiger partial charge on any atom is 0.176 e. The first kappa shape index (κ1) is 14.0. The predicted molar refractivity (Wildman–Crippen MR) is 77.3 cm³/mol. The molecule has 1 aliphatic heterocycles. The molecule has 1 saturated carbocycles. The van der Waals surface area contributed by atoms with Gasteiger partial charge < -0.3 is 10.1 Å². The van der Waals surface area contributed by atoms with Crippen LogP contribution in [0.2, 0.25) is 0 Å². The van der Waals surface area contributed by atoms with Crippen molar-refractivity contribution >= 4 is 0 Å². The van der Waals surface area contributed by atoms with Crippen LogP contribution in [0.4, 0.5) is 0 Å². The number of nitrogens with one attached hydrogen (secondary N) is 1. The number of hydrogen-bond donors (Lipinski definition) is 1. The van der Waals surface area contributed by atoms with Crippen molar-refractivity contribution in [2.24, 2.45) is 5.92 Å². The lowest BCUT2D eigenvalue weighted by atomic mass is 10.0. The highest BCUT2D eigenvalue weighted by atomic mass is 16.5. The molecular formula is C15H26N4O. The molecule has 1 aromatic heterocycles. The Balaban J connectivity index is 1.67. The molecule has 0 amide bonds. The number of aryl methyl sites for hydroxylation is 1. The van der Waals surface area contributed by atoms with E-state index in [1.165, 1.54) is 38.5 Å². The van der Waals surface area contributed by atoms with Crippen LogP contribution in [0.5, 0.6) is 0 Å². The van der Waals surface area contributed by atoms with Gasteiger partial charge in [0.1, 0.15) is 12.4 Å². The Morgan fingerprint density at radius 1 is 1.35 bits per heavy atom. The molecule has 112 valence electrons. The summed E-state index contributed by atoms with van der Waals surface area (Å²) in [6, 6.07) is 1.04. The summed E-state index contributed by atoms with van der Waals surface area (Å²) < 4.78 is 7.22. The normalized spacial score (nSPS) is 29.6. The molecule has 0 aromatic carbocycles. The fourth-order valence-corrected chi connectivity index (χ4v) is 3.63. The number of aromatic nitrogens is 3. The summed E-state index contributed by atoms with van der Waals surface area (Å²) in [6.45, 7) is 3.81. The molecule has 0 spiro atoms. The summed E-state index contributed by atoms with van der Waals surface area (Å²) in [5.74, 6) is 2.84. The average molecular weight is 278 g/mol. The fourth-order valence-electron chi connectivity index (χ4n) is 3.63. The maximum atomic E-state index is 5.14. The van der Waals surface area contributed by atoms with Gasteiger partial charge in [0.25, 0.3) is 0 Å². The molecule has 2 aliphatic rings. The summed E-state index contributed by atoms with van der Waals surface area (Å²) in [5.41, 5.74) is 0. The van der Waals surface area contributed by atoms with Crippen LogP contribution in [0.15, 0.2) is 0 Å². The third-order valence-electron chi connectivity index (χ3n) is 4.75. The number of hydrogen-bond acceptors (Lipinski definition) is 4. The Hall–Kier alpha value is -0.940. The van der Waals surface area contributed by atoms with E-state index < -0.39 is 0 Å². The van der Waals surface area contributed by atoms with E-state index in [0.717, 1.165) is 24.1 Å². The standard InChI is InChI=1S/C15H26N4O/c1-3-11-6-7-12(9-11)16-13-5-4-8-19-15(13)17-14(18-19)10-20-2/h11-13,16H,3-10H2,1-2H3/t11-,12-,13-/m1/s1. The van der Waals surface area contributed by atoms with E-state index in [-0.39, 0.29) is 0 Å². The zero-order valence-electron chi connectivity index (χ0n) is 12.6. The molecule has 1 fully saturated rings. The second kappa shape index (κ2) is 6.22. The molecule has 1 N–H and O–H groups in total. The molecule has 0 saturated heterocycles. The van der Waals surface area contributed by atoms with Crippen molar-refractivity contribution in [1.29, 1.82) is 0 Å². The van der Waals surface area contributed by atoms with Gasteiger partial charge >= 0.3 is 0 Å². The topological polar surface area (TPSA) is 52.0 Å². The zero-order valence-corrected chi connectivity index (χ0v) is 12.6. The monoisotopic (exact) mass is 278 g/mol. The van der Waals surface area contributed by atoms with Crippen LogP contribution < -0.4 is 5.32 Å². The van der Waals surface area contributed by atoms with Crippen LogP contribution in [-0.4, -0.2) is 27.9 Å². The van der Waals surface area contributed by atoms with Crippen molar-refractivity contribution in [2.45, 2.75) is 70.7 Å². The Kier molecular flexibility index (Phi) is 4.36. The molecule has 20 heavy (non-hydrogen) atoms. The Bertz CT molecular complexity index is 445. The zero-order chi connectivity index (χ0) is 13.9. The van der Waals surface area contributed by atoms with Crippen LogP contribution in [0, 0.1) is 5.92 Å². The summed E-state index contributed by atoms with van der Waals surface area (Å²) in [6.07, 6.45) is 7.70. The highest BCUT2D eigenvalue weighted by molar-refractivity contribution is 5.03. The van der Waals surface area contributed by atoms with Gasteiger partial charge in [0.15, 0.2) is 5.82 Å². The van der Waals surface area contributed by atoms with Gasteiger partial charge in [0.05, 0.1) is 6.04 Å². The van der Waals surface area contributed by atoms with Crippen molar-refractivity contribution in [3.63, 3.8) is 0 Å². The number of fused-ring (bicyclic) bond motifs is 1. The minimum atomic E-state index is 0.377. The number of nitrogens with zero attached hydrogens (tertiary/aromatic N) is 3. The quantitative estimate of drug-likeness (QED) is 0.898. The summed E-state index contributed by atoms with van der Waals surface area (Å²) in [4.78, 5) is 4.67. The van der Waals surface area contributed by atoms with Gasteiger partial charge in [0, 0.05) is 19.7 Å². The highest BCUT2D eigenvalue weighted by Gasteiger charge is 2.29. The Morgan fingerprint density at radius 3 is 3.00 bits per heavy atom. The van der Waals surface area contributed by atoms with E-state index in [0.29, 0.717) is 18.7 Å². The summed E-state index contributed by atoms with van der Waals surface area (Å²) in [7, 11) is 1.69. The van der Waals surface area contributed by atoms with Gasteiger partial charge in [-0.25, -0.2) is 9.67 Å². The molecule has 5 heteroatoms. The second-order valence-corrected chi connectivity index (χ2v) is 6.19. The van der Waals surface area contributed by atoms with Crippen LogP contribution >= 0.6 is 0 Å². The Morgan fingerprint density at radius 2 is 2.25 bits per heavy atom. The first-order valence-electron chi connectivity index (χ1n) is 7.98. The molecular weight excluding hydrogens is 252 g/mol. The van der Waals surface area contributed by atoms with Crippen molar-refractivity contribution < 1.29 is 4.74 Å². The molecule has 3 atom stereocenters. The average Bonchev–Trinajstić information content (AvgIpc) is 3.06. The highest BCUT2D eigenvalue weighted by Crippen LogP contribution is 2.31. The summed E-state index contributed by atoms with van der Waals surface area (Å²) in [5, 5.41) is 8.37. The van der Waals surface area contributed by atoms with Crippen molar-refractivity contribution in [1.82, 2.24) is 20.1 Å². The third-order valence-corrected chi connectivity index (χ3v) is 4.75. The first-order valence-corrected chi connectivity index (χ1v) is 7.98. The van der Waals surface area contributed by atoms with E-state index in [9.17, 15) is 0 Å². The molecule has 1 aliphatic carbocycles. The van der Waals surface area contributed by atoms with Crippen LogP contribution in [-0.2, 0) is 17.9 Å². The fraction of sp³-hybridized carbons (Fsp3) is 0.867. The third kappa shape index (κ3) is 2.88. The number of rotatable bonds is 5. The van der Waals surface area contributed by atoms with E-state index in [2.05, 4.69) is 27.0 Å². The minimum absolute atomic E-state index is 0.377. The smallest absolute Gasteiger partial charge is 0.176 e. The van der Waals surface area contributed by atoms with Crippen molar-refractivity contribution in [3.8, 4) is 0 Å². The van der Waals surface area contributed by atoms with Crippen molar-refractivity contribution in [2.75, 3.05) is 7.11 Å². The minimum Gasteiger partial charge on any atom is -0.377 e. The Labute approximate surface area is 121 Å². The first-order chi connectivity index (χ1) is 9.80. The molecule has 0 radical (unpaired) electrons. The van der Waals surface area contributed by atoms with E-state index in [1.54, 1.807) is 7.11 Å². The van der Waals surface area contributed by atoms with Gasteiger partial charge in [0.2, 0.25) is 0 Å². The lowest BCUT2D eigenvalue weighted by Crippen LogP contribution is -2.35. The largest absolute Gasteiger partial charge is 0.377 e. The number of methoxy groups -OCH3 is 1. The van der Waals surface area contributed by atoms with Crippen LogP contribution in [0.3, 0.4) is 0 Å². The van der Waals surface area contributed by atoms with E-state index in [1.807, 2.05) is 0 Å². The van der Waals surface area contributed by atoms with Gasteiger partial charge in [-0.1, -0.05) is 13.3 Å². The number of ether oxygens (including phenoxy) is 1. The maximum absolute atomic E-state index is 5.14. The lowest BCUT2D eigenvalue weighted by Gasteiger charge is -2.26. The molecule has 3 rings (SSSR count). The van der Waals surface area contributed by atoms with Crippen LogP contribution in [0.25, 0.3) is 0 Å². The molecule has 2 heterocycles. The lowest BCUT2D eigenvalue weighted by molar-refractivity contribution is 0.177. The van der Waals surface area contributed by atoms with Crippen LogP contribution in [0.1, 0.15) is 63.1 Å². The van der Waals surface area contributed by atoms with Gasteiger partial charge in [-0.2, -0.15) is 5.10 Å². The molecule has 0 unspecified atom stereocenters. The van der Waals surface area contributed by atoms with Crippen molar-refractivity contribution in [3.05, 3.63) is 11.6 Å². The predicted octanol–water partition coefficient (Wildman–Crippen LogP) is 2.43. The molecule has 5 nitrogen and oxygen atoms in total. The second-order valence-electron chi connectivity index (χ2n) is 6.19. The SMILES string of the molecule is CC[C@@H]1CC[C@@H](N[C@@H]2CCCn3nc(COC)nc32)C1. The van der Waals surface area contributed by atoms with E-state index in [4.69, 9.17) is 4.74 Å². The van der Waals surface area contributed by atoms with Gasteiger partial charge in [-0.15, -0.1) is 0 Å². The van der Waals surface area contributed by atoms with Gasteiger partial charge in [-0.05, 0) is 38.0 Å². The molecule has 1 aromatic rings. The van der Waals surface area contributed by atoms with E-state index >= 15 is 0 Å². The molecule has 0 bridgehead atoms. The van der Waals surface area contributed by atoms with Gasteiger partial charge in [-0.3, -0.25) is 0 Å². The summed E-state index contributed by atoms with van der Waals surface area (Å²) >= 11 is 0.